The molecule has 2 atom stereocenters. The molecule has 1 aromatic rings. The Morgan fingerprint density at radius 2 is 1.97 bits per heavy atom. The number of nitrogens with one attached hydrogen (secondary N) is 2. The van der Waals surface area contributed by atoms with E-state index in [9.17, 15) is 0 Å². The van der Waals surface area contributed by atoms with Crippen molar-refractivity contribution < 1.29 is 14.2 Å². The van der Waals surface area contributed by atoms with Crippen molar-refractivity contribution in [3.8, 4) is 0 Å². The quantitative estimate of drug-likeness (QED) is 0.188. The van der Waals surface area contributed by atoms with Gasteiger partial charge in [-0.25, -0.2) is 0 Å². The molecule has 1 aromatic carbocycles. The number of benzene rings is 1. The normalized spacial score (nSPS) is 20.6. The van der Waals surface area contributed by atoms with Crippen LogP contribution in [0.2, 0.25) is 0 Å². The van der Waals surface area contributed by atoms with Crippen LogP contribution >= 0.6 is 24.0 Å². The van der Waals surface area contributed by atoms with Crippen LogP contribution in [0.1, 0.15) is 43.4 Å². The largest absolute Gasteiger partial charge is 0.379 e. The molecule has 0 bridgehead atoms. The molecule has 2 saturated heterocycles. The fourth-order valence-corrected chi connectivity index (χ4v) is 4.00. The Morgan fingerprint density at radius 3 is 2.66 bits per heavy atom. The van der Waals surface area contributed by atoms with E-state index < -0.39 is 0 Å². The molecule has 0 aromatic heterocycles. The molecule has 32 heavy (non-hydrogen) atoms. The number of aliphatic imine (C=N–C) groups is 1. The number of halogens is 1. The van der Waals surface area contributed by atoms with Crippen molar-refractivity contribution in [3.05, 3.63) is 35.4 Å². The molecule has 2 unspecified atom stereocenters. The minimum Gasteiger partial charge on any atom is -0.379 e. The second-order valence-electron chi connectivity index (χ2n) is 8.28. The van der Waals surface area contributed by atoms with E-state index in [-0.39, 0.29) is 30.0 Å². The smallest absolute Gasteiger partial charge is 0.191 e. The van der Waals surface area contributed by atoms with E-state index in [1.807, 2.05) is 0 Å². The van der Waals surface area contributed by atoms with Gasteiger partial charge in [0.1, 0.15) is 0 Å². The maximum absolute atomic E-state index is 5.76. The summed E-state index contributed by atoms with van der Waals surface area (Å²) in [6.07, 6.45) is 3.53. The van der Waals surface area contributed by atoms with Crippen LogP contribution in [-0.2, 0) is 14.2 Å². The Kier molecular flexibility index (Phi) is 13.5. The molecule has 7 nitrogen and oxygen atoms in total. The summed E-state index contributed by atoms with van der Waals surface area (Å²) in [6.45, 7) is 12.4. The van der Waals surface area contributed by atoms with Crippen LogP contribution in [-0.4, -0.2) is 82.7 Å². The number of hydrogen-bond donors (Lipinski definition) is 2. The number of morpholine rings is 1. The van der Waals surface area contributed by atoms with Crippen LogP contribution in [0.3, 0.4) is 0 Å². The van der Waals surface area contributed by atoms with Crippen LogP contribution < -0.4 is 10.6 Å². The fourth-order valence-electron chi connectivity index (χ4n) is 4.00. The molecule has 2 heterocycles. The van der Waals surface area contributed by atoms with Gasteiger partial charge in [-0.15, -0.1) is 24.0 Å². The van der Waals surface area contributed by atoms with Crippen molar-refractivity contribution >= 4 is 29.9 Å². The fraction of sp³-hybridized carbons (Fsp3) is 0.708. The molecular weight excluding hydrogens is 519 g/mol. The van der Waals surface area contributed by atoms with E-state index in [1.165, 1.54) is 11.1 Å². The van der Waals surface area contributed by atoms with E-state index in [2.05, 4.69) is 53.6 Å². The average molecular weight is 561 g/mol. The van der Waals surface area contributed by atoms with Crippen molar-refractivity contribution in [2.45, 2.75) is 45.3 Å². The second kappa shape index (κ2) is 15.8. The van der Waals surface area contributed by atoms with Crippen molar-refractivity contribution in [1.29, 1.82) is 0 Å². The highest BCUT2D eigenvalue weighted by molar-refractivity contribution is 14.0. The first kappa shape index (κ1) is 27.3. The highest BCUT2D eigenvalue weighted by atomic mass is 127. The van der Waals surface area contributed by atoms with Crippen LogP contribution in [0.15, 0.2) is 29.3 Å². The Hall–Kier alpha value is -0.940. The molecule has 2 fully saturated rings. The first-order chi connectivity index (χ1) is 15.3. The molecule has 0 amide bonds. The van der Waals surface area contributed by atoms with Gasteiger partial charge in [0.2, 0.25) is 0 Å². The lowest BCUT2D eigenvalue weighted by molar-refractivity contribution is 0.0168. The predicted molar refractivity (Wildman–Crippen MR) is 140 cm³/mol. The predicted octanol–water partition coefficient (Wildman–Crippen LogP) is 3.13. The number of nitrogens with zero attached hydrogens (tertiary/aromatic N) is 2. The maximum atomic E-state index is 5.76. The lowest BCUT2D eigenvalue weighted by Crippen LogP contribution is -2.42. The minimum absolute atomic E-state index is 0. The summed E-state index contributed by atoms with van der Waals surface area (Å²) >= 11 is 0. The Morgan fingerprint density at radius 1 is 1.19 bits per heavy atom. The standard InChI is InChI=1S/C24H40N4O3.HI/c1-3-25-24(26-11-5-14-30-19-22-6-4-15-31-22)27-18-23(28-12-16-29-17-13-28)21-9-7-20(2)8-10-21;/h7-10,22-23H,3-6,11-19H2,1-2H3,(H2,25,26,27);1H. The molecule has 8 heteroatoms. The van der Waals surface area contributed by atoms with Crippen molar-refractivity contribution in [3.63, 3.8) is 0 Å². The number of ether oxygens (including phenoxy) is 3. The zero-order valence-electron chi connectivity index (χ0n) is 19.7. The van der Waals surface area contributed by atoms with Gasteiger partial charge in [0.15, 0.2) is 5.96 Å². The molecule has 3 rings (SSSR count). The van der Waals surface area contributed by atoms with E-state index in [4.69, 9.17) is 19.2 Å². The minimum atomic E-state index is 0. The van der Waals surface area contributed by atoms with Gasteiger partial charge in [0, 0.05) is 39.4 Å². The monoisotopic (exact) mass is 560 g/mol. The molecule has 2 aliphatic heterocycles. The van der Waals surface area contributed by atoms with E-state index in [1.54, 1.807) is 0 Å². The summed E-state index contributed by atoms with van der Waals surface area (Å²) in [6, 6.07) is 9.10. The molecule has 0 aliphatic carbocycles. The number of hydrogen-bond acceptors (Lipinski definition) is 5. The van der Waals surface area contributed by atoms with E-state index in [0.717, 1.165) is 77.8 Å². The first-order valence-corrected chi connectivity index (χ1v) is 11.9. The van der Waals surface area contributed by atoms with E-state index >= 15 is 0 Å². The zero-order valence-corrected chi connectivity index (χ0v) is 22.0. The van der Waals surface area contributed by atoms with Crippen molar-refractivity contribution in [2.24, 2.45) is 4.99 Å². The lowest BCUT2D eigenvalue weighted by Gasteiger charge is -2.34. The summed E-state index contributed by atoms with van der Waals surface area (Å²) in [5.74, 6) is 0.868. The third-order valence-electron chi connectivity index (χ3n) is 5.80. The van der Waals surface area contributed by atoms with Crippen LogP contribution in [0, 0.1) is 6.92 Å². The van der Waals surface area contributed by atoms with Gasteiger partial charge in [0.25, 0.3) is 0 Å². The summed E-state index contributed by atoms with van der Waals surface area (Å²) in [4.78, 5) is 7.41. The van der Waals surface area contributed by atoms with Gasteiger partial charge >= 0.3 is 0 Å². The first-order valence-electron chi connectivity index (χ1n) is 11.9. The molecule has 0 saturated carbocycles. The molecular formula is C24H41IN4O3. The Bertz CT molecular complexity index is 647. The third-order valence-corrected chi connectivity index (χ3v) is 5.80. The number of rotatable bonds is 11. The Balaban J connectivity index is 0.00000363. The van der Waals surface area contributed by atoms with Crippen molar-refractivity contribution in [2.75, 3.05) is 65.8 Å². The summed E-state index contributed by atoms with van der Waals surface area (Å²) in [5, 5.41) is 6.82. The SMILES string of the molecule is CCNC(=NCC(c1ccc(C)cc1)N1CCOCC1)NCCCOCC1CCCO1.I. The van der Waals surface area contributed by atoms with Gasteiger partial charge in [-0.3, -0.25) is 9.89 Å². The lowest BCUT2D eigenvalue weighted by atomic mass is 10.0. The maximum Gasteiger partial charge on any atom is 0.191 e. The van der Waals surface area contributed by atoms with Crippen LogP contribution in [0.25, 0.3) is 0 Å². The van der Waals surface area contributed by atoms with Gasteiger partial charge in [-0.2, -0.15) is 0 Å². The third kappa shape index (κ3) is 9.51. The topological polar surface area (TPSA) is 67.4 Å². The van der Waals surface area contributed by atoms with Gasteiger partial charge < -0.3 is 24.8 Å². The highest BCUT2D eigenvalue weighted by Crippen LogP contribution is 2.23. The van der Waals surface area contributed by atoms with Crippen molar-refractivity contribution in [1.82, 2.24) is 15.5 Å². The molecule has 0 spiro atoms. The average Bonchev–Trinajstić information content (AvgIpc) is 3.31. The number of aryl methyl sites for hydroxylation is 1. The van der Waals surface area contributed by atoms with Gasteiger partial charge in [-0.1, -0.05) is 29.8 Å². The van der Waals surface area contributed by atoms with Gasteiger partial charge in [0.05, 0.1) is 38.5 Å². The molecule has 2 N–H and O–H groups in total. The highest BCUT2D eigenvalue weighted by Gasteiger charge is 2.22. The van der Waals surface area contributed by atoms with Crippen LogP contribution in [0.5, 0.6) is 0 Å². The second-order valence-corrected chi connectivity index (χ2v) is 8.28. The zero-order chi connectivity index (χ0) is 21.7. The summed E-state index contributed by atoms with van der Waals surface area (Å²) in [7, 11) is 0. The molecule has 182 valence electrons. The summed E-state index contributed by atoms with van der Waals surface area (Å²) in [5.41, 5.74) is 2.60. The summed E-state index contributed by atoms with van der Waals surface area (Å²) < 4.78 is 16.9. The molecule has 0 radical (unpaired) electrons. The number of guanidine groups is 1. The molecule has 2 aliphatic rings. The van der Waals surface area contributed by atoms with Gasteiger partial charge in [-0.05, 0) is 38.7 Å². The van der Waals surface area contributed by atoms with E-state index in [0.29, 0.717) is 19.3 Å². The Labute approximate surface area is 210 Å². The van der Waals surface area contributed by atoms with Crippen LogP contribution in [0.4, 0.5) is 0 Å².